The Bertz CT molecular complexity index is 1210. The van der Waals surface area contributed by atoms with Crippen LogP contribution in [0.25, 0.3) is 6.08 Å². The molecule has 9 heteroatoms. The van der Waals surface area contributed by atoms with Crippen molar-refractivity contribution in [3.63, 3.8) is 0 Å². The molecule has 182 valence electrons. The molecule has 0 spiro atoms. The first-order valence-corrected chi connectivity index (χ1v) is 10.4. The van der Waals surface area contributed by atoms with Crippen LogP contribution in [-0.4, -0.2) is 40.3 Å². The quantitative estimate of drug-likeness (QED) is 0.204. The van der Waals surface area contributed by atoms with Crippen molar-refractivity contribution in [2.24, 2.45) is 0 Å². The number of nitrogen functional groups attached to an aromatic ring is 1. The van der Waals surface area contributed by atoms with Gasteiger partial charge in [-0.15, -0.1) is 0 Å². The molecular weight excluding hydrogens is 452 g/mol. The summed E-state index contributed by atoms with van der Waals surface area (Å²) >= 11 is 0. The number of ether oxygens (including phenoxy) is 5. The number of anilines is 2. The number of esters is 1. The molecule has 0 heterocycles. The Balaban J connectivity index is 1.78. The van der Waals surface area contributed by atoms with Crippen molar-refractivity contribution >= 4 is 29.3 Å². The molecule has 0 aliphatic rings. The fourth-order valence-electron chi connectivity index (χ4n) is 3.15. The van der Waals surface area contributed by atoms with E-state index in [0.717, 1.165) is 0 Å². The van der Waals surface area contributed by atoms with E-state index >= 15 is 0 Å². The highest BCUT2D eigenvalue weighted by Gasteiger charge is 2.15. The van der Waals surface area contributed by atoms with Crippen LogP contribution in [0.2, 0.25) is 0 Å². The molecule has 3 aromatic carbocycles. The average molecular weight is 479 g/mol. The van der Waals surface area contributed by atoms with Crippen LogP contribution in [0.15, 0.2) is 60.7 Å². The summed E-state index contributed by atoms with van der Waals surface area (Å²) < 4.78 is 26.8. The third-order valence-corrected chi connectivity index (χ3v) is 4.93. The van der Waals surface area contributed by atoms with Crippen LogP contribution in [0.3, 0.4) is 0 Å². The number of hydrogen-bond donors (Lipinski definition) is 2. The summed E-state index contributed by atoms with van der Waals surface area (Å²) in [6, 6.07) is 14.4. The SMILES string of the molecule is COc1cc(OC)c(/C=C/C(=O)Nc2ccc(OC)c(OC(=O)c3ccc(N)cc3)c2)c(OC)c1. The maximum Gasteiger partial charge on any atom is 0.343 e. The lowest BCUT2D eigenvalue weighted by Gasteiger charge is -2.13. The lowest BCUT2D eigenvalue weighted by molar-refractivity contribution is -0.111. The third-order valence-electron chi connectivity index (χ3n) is 4.93. The Morgan fingerprint density at radius 2 is 1.40 bits per heavy atom. The number of rotatable bonds is 9. The lowest BCUT2D eigenvalue weighted by Crippen LogP contribution is -2.11. The van der Waals surface area contributed by atoms with Gasteiger partial charge in [0.05, 0.1) is 39.6 Å². The fraction of sp³-hybridized carbons (Fsp3) is 0.154. The van der Waals surface area contributed by atoms with Gasteiger partial charge >= 0.3 is 5.97 Å². The van der Waals surface area contributed by atoms with E-state index in [1.807, 2.05) is 0 Å². The molecule has 0 saturated heterocycles. The van der Waals surface area contributed by atoms with E-state index in [1.54, 1.807) is 54.6 Å². The molecule has 9 nitrogen and oxygen atoms in total. The summed E-state index contributed by atoms with van der Waals surface area (Å²) in [5.41, 5.74) is 7.48. The second-order valence-corrected chi connectivity index (χ2v) is 7.15. The smallest absolute Gasteiger partial charge is 0.343 e. The van der Waals surface area contributed by atoms with Crippen molar-refractivity contribution in [3.05, 3.63) is 71.8 Å². The van der Waals surface area contributed by atoms with Crippen LogP contribution in [0.5, 0.6) is 28.7 Å². The van der Waals surface area contributed by atoms with Gasteiger partial charge in [-0.1, -0.05) is 0 Å². The molecule has 0 radical (unpaired) electrons. The fourth-order valence-corrected chi connectivity index (χ4v) is 3.15. The van der Waals surface area contributed by atoms with Crippen molar-refractivity contribution in [2.45, 2.75) is 0 Å². The number of hydrogen-bond acceptors (Lipinski definition) is 8. The minimum atomic E-state index is -0.592. The Morgan fingerprint density at radius 1 is 0.771 bits per heavy atom. The van der Waals surface area contributed by atoms with Crippen LogP contribution in [0, 0.1) is 0 Å². The van der Waals surface area contributed by atoms with E-state index in [2.05, 4.69) is 5.32 Å². The number of nitrogens with two attached hydrogens (primary N) is 1. The number of carbonyl (C=O) groups is 2. The van der Waals surface area contributed by atoms with E-state index < -0.39 is 11.9 Å². The van der Waals surface area contributed by atoms with Gasteiger partial charge in [0.25, 0.3) is 0 Å². The number of amides is 1. The summed E-state index contributed by atoms with van der Waals surface area (Å²) in [5.74, 6) is 0.971. The Kier molecular flexibility index (Phi) is 8.18. The standard InChI is InChI=1S/C26H26N2O7/c1-31-19-14-22(33-3)20(23(15-19)34-4)10-12-25(29)28-18-9-11-21(32-2)24(13-18)35-26(30)16-5-7-17(27)8-6-16/h5-15H,27H2,1-4H3,(H,28,29)/b12-10+. The normalized spacial score (nSPS) is 10.5. The molecule has 3 rings (SSSR count). The van der Waals surface area contributed by atoms with Gasteiger partial charge in [0.1, 0.15) is 17.2 Å². The van der Waals surface area contributed by atoms with E-state index in [1.165, 1.54) is 40.6 Å². The molecule has 1 amide bonds. The van der Waals surface area contributed by atoms with Gasteiger partial charge < -0.3 is 34.7 Å². The lowest BCUT2D eigenvalue weighted by atomic mass is 10.1. The van der Waals surface area contributed by atoms with Gasteiger partial charge in [0.2, 0.25) is 5.91 Å². The molecule has 0 unspecified atom stereocenters. The average Bonchev–Trinajstić information content (AvgIpc) is 2.87. The summed E-state index contributed by atoms with van der Waals surface area (Å²) in [7, 11) is 6.01. The summed E-state index contributed by atoms with van der Waals surface area (Å²) in [6.45, 7) is 0. The number of carbonyl (C=O) groups excluding carboxylic acids is 2. The molecule has 0 aliphatic heterocycles. The first-order valence-electron chi connectivity index (χ1n) is 10.4. The Morgan fingerprint density at radius 3 is 1.97 bits per heavy atom. The summed E-state index contributed by atoms with van der Waals surface area (Å²) in [4.78, 5) is 25.1. The molecule has 35 heavy (non-hydrogen) atoms. The van der Waals surface area contributed by atoms with Crippen LogP contribution >= 0.6 is 0 Å². The zero-order chi connectivity index (χ0) is 25.4. The van der Waals surface area contributed by atoms with Crippen molar-refractivity contribution < 1.29 is 33.3 Å². The zero-order valence-corrected chi connectivity index (χ0v) is 19.8. The second kappa shape index (κ2) is 11.5. The molecule has 0 fully saturated rings. The maximum absolute atomic E-state index is 12.6. The minimum Gasteiger partial charge on any atom is -0.496 e. The number of benzene rings is 3. The van der Waals surface area contributed by atoms with Crippen molar-refractivity contribution in [3.8, 4) is 28.7 Å². The van der Waals surface area contributed by atoms with Crippen LogP contribution in [0.1, 0.15) is 15.9 Å². The maximum atomic E-state index is 12.6. The summed E-state index contributed by atoms with van der Waals surface area (Å²) in [5, 5.41) is 2.73. The van der Waals surface area contributed by atoms with Gasteiger partial charge in [0.15, 0.2) is 11.5 Å². The van der Waals surface area contributed by atoms with Crippen LogP contribution in [0.4, 0.5) is 11.4 Å². The highest BCUT2D eigenvalue weighted by molar-refractivity contribution is 6.02. The van der Waals surface area contributed by atoms with Gasteiger partial charge in [0, 0.05) is 35.6 Å². The Labute approximate surface area is 203 Å². The third kappa shape index (κ3) is 6.23. The molecule has 3 N–H and O–H groups in total. The molecule has 0 atom stereocenters. The molecule has 0 saturated carbocycles. The molecular formula is C26H26N2O7. The highest BCUT2D eigenvalue weighted by Crippen LogP contribution is 2.35. The molecule has 0 aromatic heterocycles. The highest BCUT2D eigenvalue weighted by atomic mass is 16.6. The molecule has 3 aromatic rings. The predicted molar refractivity (Wildman–Crippen MR) is 133 cm³/mol. The van der Waals surface area contributed by atoms with Gasteiger partial charge in [-0.2, -0.15) is 0 Å². The predicted octanol–water partition coefficient (Wildman–Crippen LogP) is 4.17. The van der Waals surface area contributed by atoms with Gasteiger partial charge in [-0.3, -0.25) is 4.79 Å². The van der Waals surface area contributed by atoms with Crippen molar-refractivity contribution in [1.82, 2.24) is 0 Å². The Hall–Kier alpha value is -4.66. The van der Waals surface area contributed by atoms with Crippen molar-refractivity contribution in [2.75, 3.05) is 39.5 Å². The summed E-state index contributed by atoms with van der Waals surface area (Å²) in [6.07, 6.45) is 2.90. The van der Waals surface area contributed by atoms with Crippen LogP contribution < -0.4 is 34.7 Å². The molecule has 0 bridgehead atoms. The van der Waals surface area contributed by atoms with Gasteiger partial charge in [-0.25, -0.2) is 4.79 Å². The van der Waals surface area contributed by atoms with Gasteiger partial charge in [-0.05, 0) is 42.5 Å². The number of methoxy groups -OCH3 is 4. The van der Waals surface area contributed by atoms with E-state index in [0.29, 0.717) is 45.5 Å². The first-order chi connectivity index (χ1) is 16.9. The molecule has 0 aliphatic carbocycles. The van der Waals surface area contributed by atoms with E-state index in [9.17, 15) is 9.59 Å². The van der Waals surface area contributed by atoms with E-state index in [4.69, 9.17) is 29.4 Å². The van der Waals surface area contributed by atoms with E-state index in [-0.39, 0.29) is 5.75 Å². The van der Waals surface area contributed by atoms with Crippen LogP contribution in [-0.2, 0) is 4.79 Å². The zero-order valence-electron chi connectivity index (χ0n) is 19.8. The number of nitrogens with one attached hydrogen (secondary N) is 1. The van der Waals surface area contributed by atoms with Crippen molar-refractivity contribution in [1.29, 1.82) is 0 Å². The first kappa shape index (κ1) is 25.0. The topological polar surface area (TPSA) is 118 Å². The minimum absolute atomic E-state index is 0.148. The monoisotopic (exact) mass is 478 g/mol. The largest absolute Gasteiger partial charge is 0.496 e. The second-order valence-electron chi connectivity index (χ2n) is 7.15.